The maximum Gasteiger partial charge on any atom is 0.322 e. The van der Waals surface area contributed by atoms with Crippen molar-refractivity contribution in [2.75, 3.05) is 24.1 Å². The zero-order valence-electron chi connectivity index (χ0n) is 10.6. The average molecular weight is 300 g/mol. The fraction of sp³-hybridized carbons (Fsp3) is 0.250. The van der Waals surface area contributed by atoms with Gasteiger partial charge in [-0.05, 0) is 18.2 Å². The maximum absolute atomic E-state index is 13.7. The van der Waals surface area contributed by atoms with E-state index in [4.69, 9.17) is 5.73 Å². The Bertz CT molecular complexity index is 662. The van der Waals surface area contributed by atoms with Crippen molar-refractivity contribution in [3.63, 3.8) is 0 Å². The van der Waals surface area contributed by atoms with Gasteiger partial charge in [0.05, 0.1) is 19.3 Å². The van der Waals surface area contributed by atoms with Crippen LogP contribution in [0.2, 0.25) is 0 Å². The number of ether oxygens (including phenoxy) is 1. The Balaban J connectivity index is 2.91. The van der Waals surface area contributed by atoms with E-state index in [-0.39, 0.29) is 12.2 Å². The Morgan fingerprint density at radius 3 is 2.75 bits per heavy atom. The van der Waals surface area contributed by atoms with Gasteiger partial charge in [-0.3, -0.25) is 9.52 Å². The van der Waals surface area contributed by atoms with Crippen molar-refractivity contribution in [3.8, 4) is 11.8 Å². The highest BCUT2D eigenvalue weighted by Gasteiger charge is 2.18. The third-order valence-electron chi connectivity index (χ3n) is 2.10. The largest absolute Gasteiger partial charge is 0.468 e. The highest BCUT2D eigenvalue weighted by atomic mass is 32.2. The number of hydrogen-bond acceptors (Lipinski definition) is 5. The molecule has 6 nitrogen and oxygen atoms in total. The Labute approximate surface area is 116 Å². The summed E-state index contributed by atoms with van der Waals surface area (Å²) in [5.41, 5.74) is 5.28. The number of carbonyl (C=O) groups excluding carboxylic acids is 1. The van der Waals surface area contributed by atoms with Crippen LogP contribution in [0.5, 0.6) is 0 Å². The van der Waals surface area contributed by atoms with Gasteiger partial charge in [-0.15, -0.1) is 0 Å². The summed E-state index contributed by atoms with van der Waals surface area (Å²) in [5.74, 6) is 2.52. The van der Waals surface area contributed by atoms with E-state index in [9.17, 15) is 17.6 Å². The summed E-state index contributed by atoms with van der Waals surface area (Å²) >= 11 is 0. The Hall–Kier alpha value is -2.11. The van der Waals surface area contributed by atoms with E-state index in [1.165, 1.54) is 12.1 Å². The molecule has 0 unspecified atom stereocenters. The molecular weight excluding hydrogens is 287 g/mol. The van der Waals surface area contributed by atoms with Crippen LogP contribution in [0, 0.1) is 17.7 Å². The average Bonchev–Trinajstić information content (AvgIpc) is 2.38. The number of nitrogens with one attached hydrogen (secondary N) is 1. The molecule has 0 radical (unpaired) electrons. The number of carbonyl (C=O) groups is 1. The zero-order chi connectivity index (χ0) is 15.2. The maximum atomic E-state index is 13.7. The first-order chi connectivity index (χ1) is 9.38. The normalized spacial score (nSPS) is 10.3. The fourth-order valence-corrected chi connectivity index (χ4v) is 2.25. The SMILES string of the molecule is COC(=O)CS(=O)(=O)Nc1ccc(C#CCN)cc1F. The van der Waals surface area contributed by atoms with Gasteiger partial charge >= 0.3 is 5.97 Å². The van der Waals surface area contributed by atoms with Gasteiger partial charge in [-0.2, -0.15) is 0 Å². The van der Waals surface area contributed by atoms with Crippen LogP contribution in [-0.2, 0) is 19.6 Å². The van der Waals surface area contributed by atoms with E-state index in [1.54, 1.807) is 0 Å². The first-order valence-corrected chi connectivity index (χ1v) is 7.09. The lowest BCUT2D eigenvalue weighted by molar-refractivity contribution is -0.137. The van der Waals surface area contributed by atoms with Crippen LogP contribution in [0.15, 0.2) is 18.2 Å². The zero-order valence-corrected chi connectivity index (χ0v) is 11.5. The van der Waals surface area contributed by atoms with Crippen molar-refractivity contribution in [2.45, 2.75) is 0 Å². The molecule has 3 N–H and O–H groups in total. The molecule has 0 amide bonds. The smallest absolute Gasteiger partial charge is 0.322 e. The molecule has 1 rings (SSSR count). The second kappa shape index (κ2) is 6.88. The molecule has 0 aliphatic rings. The van der Waals surface area contributed by atoms with Crippen LogP contribution in [0.1, 0.15) is 5.56 Å². The molecule has 0 saturated carbocycles. The number of nitrogens with two attached hydrogens (primary N) is 1. The third kappa shape index (κ3) is 4.87. The van der Waals surface area contributed by atoms with Gasteiger partial charge < -0.3 is 10.5 Å². The topological polar surface area (TPSA) is 98.5 Å². The molecule has 0 spiro atoms. The molecule has 20 heavy (non-hydrogen) atoms. The molecule has 1 aromatic rings. The van der Waals surface area contributed by atoms with Crippen LogP contribution >= 0.6 is 0 Å². The lowest BCUT2D eigenvalue weighted by Crippen LogP contribution is -2.24. The van der Waals surface area contributed by atoms with E-state index in [1.807, 2.05) is 4.72 Å². The van der Waals surface area contributed by atoms with E-state index in [0.29, 0.717) is 5.56 Å². The summed E-state index contributed by atoms with van der Waals surface area (Å²) in [4.78, 5) is 10.9. The number of anilines is 1. The number of hydrogen-bond donors (Lipinski definition) is 2. The summed E-state index contributed by atoms with van der Waals surface area (Å²) < 4.78 is 43.0. The monoisotopic (exact) mass is 300 g/mol. The van der Waals surface area contributed by atoms with Gasteiger partial charge in [0, 0.05) is 5.56 Å². The standard InChI is InChI=1S/C12H13FN2O4S/c1-19-12(16)8-20(17,18)15-11-5-4-9(3-2-6-14)7-10(11)13/h4-5,7,15H,6,8,14H2,1H3. The lowest BCUT2D eigenvalue weighted by Gasteiger charge is -2.08. The Kier molecular flexibility index (Phi) is 5.49. The number of benzene rings is 1. The third-order valence-corrected chi connectivity index (χ3v) is 3.25. The van der Waals surface area contributed by atoms with E-state index < -0.39 is 27.6 Å². The number of sulfonamides is 1. The van der Waals surface area contributed by atoms with Crippen LogP contribution in [0.25, 0.3) is 0 Å². The minimum absolute atomic E-state index is 0.134. The first kappa shape index (κ1) is 15.9. The van der Waals surface area contributed by atoms with Gasteiger partial charge in [0.1, 0.15) is 5.82 Å². The molecular formula is C12H13FN2O4S. The Morgan fingerprint density at radius 2 is 2.20 bits per heavy atom. The molecule has 0 aliphatic heterocycles. The van der Waals surface area contributed by atoms with E-state index in [0.717, 1.165) is 13.2 Å². The van der Waals surface area contributed by atoms with Gasteiger partial charge in [0.15, 0.2) is 5.75 Å². The highest BCUT2D eigenvalue weighted by molar-refractivity contribution is 7.93. The molecule has 0 fully saturated rings. The molecule has 0 atom stereocenters. The number of methoxy groups -OCH3 is 1. The second-order valence-electron chi connectivity index (χ2n) is 3.64. The van der Waals surface area contributed by atoms with Crippen molar-refractivity contribution in [1.29, 1.82) is 0 Å². The number of halogens is 1. The van der Waals surface area contributed by atoms with Crippen molar-refractivity contribution < 1.29 is 22.3 Å². The first-order valence-electron chi connectivity index (χ1n) is 5.44. The minimum atomic E-state index is -4.02. The molecule has 0 aliphatic carbocycles. The van der Waals surface area contributed by atoms with Crippen LogP contribution in [-0.4, -0.2) is 33.8 Å². The van der Waals surface area contributed by atoms with Gasteiger partial charge in [0.2, 0.25) is 10.0 Å². The highest BCUT2D eigenvalue weighted by Crippen LogP contribution is 2.16. The van der Waals surface area contributed by atoms with Crippen LogP contribution in [0.4, 0.5) is 10.1 Å². The van der Waals surface area contributed by atoms with Gasteiger partial charge in [-0.25, -0.2) is 12.8 Å². The van der Waals surface area contributed by atoms with Crippen molar-refractivity contribution in [1.82, 2.24) is 0 Å². The van der Waals surface area contributed by atoms with E-state index >= 15 is 0 Å². The minimum Gasteiger partial charge on any atom is -0.468 e. The fourth-order valence-electron chi connectivity index (χ4n) is 1.25. The molecule has 108 valence electrons. The van der Waals surface area contributed by atoms with E-state index in [2.05, 4.69) is 16.6 Å². The summed E-state index contributed by atoms with van der Waals surface area (Å²) in [7, 11) is -2.96. The summed E-state index contributed by atoms with van der Waals surface area (Å²) in [6, 6.07) is 3.71. The molecule has 0 saturated heterocycles. The summed E-state index contributed by atoms with van der Waals surface area (Å²) in [6.45, 7) is 0.134. The second-order valence-corrected chi connectivity index (χ2v) is 5.36. The van der Waals surface area contributed by atoms with Crippen molar-refractivity contribution >= 4 is 21.7 Å². The predicted octanol–water partition coefficient (Wildman–Crippen LogP) is 0.0506. The predicted molar refractivity (Wildman–Crippen MR) is 71.8 cm³/mol. The molecule has 0 heterocycles. The molecule has 8 heteroatoms. The van der Waals surface area contributed by atoms with Gasteiger partial charge in [0.25, 0.3) is 0 Å². The number of esters is 1. The van der Waals surface area contributed by atoms with Crippen LogP contribution < -0.4 is 10.5 Å². The van der Waals surface area contributed by atoms with Gasteiger partial charge in [-0.1, -0.05) is 11.8 Å². The lowest BCUT2D eigenvalue weighted by atomic mass is 10.2. The molecule has 0 bridgehead atoms. The molecule has 0 aromatic heterocycles. The Morgan fingerprint density at radius 1 is 1.50 bits per heavy atom. The van der Waals surface area contributed by atoms with Crippen molar-refractivity contribution in [3.05, 3.63) is 29.6 Å². The quantitative estimate of drug-likeness (QED) is 0.605. The molecule has 1 aromatic carbocycles. The summed E-state index contributed by atoms with van der Waals surface area (Å²) in [6.07, 6.45) is 0. The summed E-state index contributed by atoms with van der Waals surface area (Å²) in [5, 5.41) is 0. The van der Waals surface area contributed by atoms with Crippen LogP contribution in [0.3, 0.4) is 0 Å². The number of rotatable bonds is 4. The van der Waals surface area contributed by atoms with Crippen molar-refractivity contribution in [2.24, 2.45) is 5.73 Å².